The highest BCUT2D eigenvalue weighted by Gasteiger charge is 2.30. The number of halogens is 1. The topological polar surface area (TPSA) is 37.4 Å². The summed E-state index contributed by atoms with van der Waals surface area (Å²) in [5, 5.41) is -0.0139. The summed E-state index contributed by atoms with van der Waals surface area (Å²) >= 11 is 1.63. The third kappa shape index (κ3) is 3.91. The van der Waals surface area contributed by atoms with Gasteiger partial charge in [-0.05, 0) is 43.5 Å². The zero-order chi connectivity index (χ0) is 18.0. The van der Waals surface area contributed by atoms with E-state index in [1.54, 1.807) is 34.3 Å². The first-order valence-electron chi connectivity index (χ1n) is 8.33. The first-order chi connectivity index (χ1) is 11.9. The normalized spacial score (nSPS) is 19.6. The Morgan fingerprint density at radius 1 is 1.12 bits per heavy atom. The minimum atomic E-state index is -3.53. The summed E-state index contributed by atoms with van der Waals surface area (Å²) in [6, 6.07) is 12.3. The third-order valence-corrected chi connectivity index (χ3v) is 7.86. The molecular weight excluding hydrogens is 357 g/mol. The van der Waals surface area contributed by atoms with Crippen LogP contribution in [0.2, 0.25) is 0 Å². The number of sulfonamides is 1. The molecule has 0 amide bonds. The van der Waals surface area contributed by atoms with Crippen LogP contribution in [0.5, 0.6) is 0 Å². The van der Waals surface area contributed by atoms with Gasteiger partial charge in [0.15, 0.2) is 0 Å². The molecule has 25 heavy (non-hydrogen) atoms. The number of benzene rings is 2. The van der Waals surface area contributed by atoms with E-state index >= 15 is 0 Å². The predicted molar refractivity (Wildman–Crippen MR) is 101 cm³/mol. The van der Waals surface area contributed by atoms with Crippen molar-refractivity contribution >= 4 is 21.8 Å². The fraction of sp³-hybridized carbons (Fsp3) is 0.368. The lowest BCUT2D eigenvalue weighted by atomic mass is 10.1. The van der Waals surface area contributed by atoms with Crippen molar-refractivity contribution in [1.82, 2.24) is 4.31 Å². The fourth-order valence-corrected chi connectivity index (χ4v) is 6.23. The maximum Gasteiger partial charge on any atom is 0.243 e. The highest BCUT2D eigenvalue weighted by atomic mass is 32.2. The van der Waals surface area contributed by atoms with Crippen LogP contribution in [0.1, 0.15) is 28.4 Å². The smallest absolute Gasteiger partial charge is 0.207 e. The van der Waals surface area contributed by atoms with Crippen molar-refractivity contribution in [2.24, 2.45) is 0 Å². The van der Waals surface area contributed by atoms with Crippen LogP contribution in [0, 0.1) is 19.7 Å². The van der Waals surface area contributed by atoms with Crippen LogP contribution >= 0.6 is 11.8 Å². The van der Waals surface area contributed by atoms with Crippen molar-refractivity contribution in [3.05, 3.63) is 65.0 Å². The van der Waals surface area contributed by atoms with E-state index in [9.17, 15) is 12.8 Å². The average Bonchev–Trinajstić information content (AvgIpc) is 2.84. The largest absolute Gasteiger partial charge is 0.243 e. The van der Waals surface area contributed by atoms with Gasteiger partial charge in [-0.2, -0.15) is 16.1 Å². The van der Waals surface area contributed by atoms with Crippen LogP contribution in [0.4, 0.5) is 4.39 Å². The van der Waals surface area contributed by atoms with Gasteiger partial charge in [-0.3, -0.25) is 0 Å². The van der Waals surface area contributed by atoms with Crippen LogP contribution in [-0.4, -0.2) is 31.6 Å². The predicted octanol–water partition coefficient (Wildman–Crippen LogP) is 4.31. The molecule has 1 unspecified atom stereocenters. The van der Waals surface area contributed by atoms with E-state index in [1.165, 1.54) is 6.07 Å². The quantitative estimate of drug-likeness (QED) is 0.797. The number of hydrogen-bond acceptors (Lipinski definition) is 3. The number of hydrogen-bond donors (Lipinski definition) is 0. The molecular formula is C19H22FNO2S2. The van der Waals surface area contributed by atoms with Gasteiger partial charge in [0.1, 0.15) is 5.82 Å². The van der Waals surface area contributed by atoms with E-state index in [0.717, 1.165) is 11.1 Å². The van der Waals surface area contributed by atoms with Crippen molar-refractivity contribution in [3.63, 3.8) is 0 Å². The molecule has 0 spiro atoms. The highest BCUT2D eigenvalue weighted by molar-refractivity contribution is 7.99. The number of thioether (sulfide) groups is 1. The molecule has 3 nitrogen and oxygen atoms in total. The molecule has 0 aliphatic carbocycles. The molecule has 0 bridgehead atoms. The monoisotopic (exact) mass is 379 g/mol. The lowest BCUT2D eigenvalue weighted by Crippen LogP contribution is -2.33. The minimum absolute atomic E-state index is 0.0139. The Hall–Kier alpha value is -1.37. The van der Waals surface area contributed by atoms with Gasteiger partial charge in [-0.15, -0.1) is 0 Å². The Kier molecular flexibility index (Phi) is 5.51. The van der Waals surface area contributed by atoms with Crippen LogP contribution in [0.25, 0.3) is 0 Å². The molecule has 1 atom stereocenters. The van der Waals surface area contributed by atoms with Crippen LogP contribution in [0.3, 0.4) is 0 Å². The van der Waals surface area contributed by atoms with Gasteiger partial charge < -0.3 is 0 Å². The first-order valence-corrected chi connectivity index (χ1v) is 10.8. The molecule has 134 valence electrons. The van der Waals surface area contributed by atoms with Gasteiger partial charge >= 0.3 is 0 Å². The highest BCUT2D eigenvalue weighted by Crippen LogP contribution is 2.37. The second-order valence-corrected chi connectivity index (χ2v) is 9.56. The van der Waals surface area contributed by atoms with Crippen molar-refractivity contribution in [2.45, 2.75) is 30.4 Å². The van der Waals surface area contributed by atoms with Gasteiger partial charge in [0, 0.05) is 29.7 Å². The van der Waals surface area contributed by atoms with E-state index in [1.807, 2.05) is 32.0 Å². The Balaban J connectivity index is 1.83. The molecule has 1 heterocycles. The summed E-state index contributed by atoms with van der Waals surface area (Å²) in [5.74, 6) is 0.439. The number of aryl methyl sites for hydroxylation is 2. The average molecular weight is 380 g/mol. The van der Waals surface area contributed by atoms with Gasteiger partial charge in [0.25, 0.3) is 0 Å². The number of nitrogens with zero attached hydrogens (tertiary/aromatic N) is 1. The zero-order valence-corrected chi connectivity index (χ0v) is 16.0. The maximum atomic E-state index is 14.1. The van der Waals surface area contributed by atoms with E-state index in [2.05, 4.69) is 0 Å². The molecule has 0 N–H and O–H groups in total. The van der Waals surface area contributed by atoms with Gasteiger partial charge in [0.2, 0.25) is 10.0 Å². The van der Waals surface area contributed by atoms with Gasteiger partial charge in [-0.1, -0.05) is 30.3 Å². The van der Waals surface area contributed by atoms with Crippen LogP contribution < -0.4 is 0 Å². The Morgan fingerprint density at radius 2 is 1.88 bits per heavy atom. The Morgan fingerprint density at radius 3 is 2.64 bits per heavy atom. The Bertz CT molecular complexity index is 867. The van der Waals surface area contributed by atoms with Crippen molar-refractivity contribution in [2.75, 3.05) is 18.8 Å². The summed E-state index contributed by atoms with van der Waals surface area (Å²) < 4.78 is 41.7. The SMILES string of the molecule is Cc1ccc(C)c(S(=O)(=O)N2CCSC(c3ccccc3F)CC2)c1. The lowest BCUT2D eigenvalue weighted by molar-refractivity contribution is 0.426. The molecule has 1 fully saturated rings. The summed E-state index contributed by atoms with van der Waals surface area (Å²) in [5.41, 5.74) is 2.35. The lowest BCUT2D eigenvalue weighted by Gasteiger charge is -2.21. The van der Waals surface area contributed by atoms with Crippen LogP contribution in [0.15, 0.2) is 47.4 Å². The Labute approximate surface area is 153 Å². The minimum Gasteiger partial charge on any atom is -0.207 e. The van der Waals surface area contributed by atoms with Gasteiger partial charge in [0.05, 0.1) is 4.90 Å². The molecule has 1 aliphatic rings. The zero-order valence-electron chi connectivity index (χ0n) is 14.4. The summed E-state index contributed by atoms with van der Waals surface area (Å²) in [7, 11) is -3.53. The van der Waals surface area contributed by atoms with E-state index < -0.39 is 10.0 Å². The van der Waals surface area contributed by atoms with E-state index in [0.29, 0.717) is 35.7 Å². The number of rotatable bonds is 3. The summed E-state index contributed by atoms with van der Waals surface area (Å²) in [6.45, 7) is 4.57. The molecule has 1 saturated heterocycles. The summed E-state index contributed by atoms with van der Waals surface area (Å²) in [6.07, 6.45) is 0.607. The van der Waals surface area contributed by atoms with Crippen LogP contribution in [-0.2, 0) is 10.0 Å². The van der Waals surface area contributed by atoms with E-state index in [-0.39, 0.29) is 11.1 Å². The molecule has 0 radical (unpaired) electrons. The first kappa shape index (κ1) is 18.4. The second-order valence-electron chi connectivity index (χ2n) is 6.34. The fourth-order valence-electron chi connectivity index (χ4n) is 3.10. The molecule has 0 aromatic heterocycles. The maximum absolute atomic E-state index is 14.1. The molecule has 2 aromatic carbocycles. The second kappa shape index (κ2) is 7.48. The van der Waals surface area contributed by atoms with Crippen molar-refractivity contribution in [1.29, 1.82) is 0 Å². The molecule has 1 aliphatic heterocycles. The third-order valence-electron chi connectivity index (χ3n) is 4.51. The molecule has 6 heteroatoms. The molecule has 2 aromatic rings. The van der Waals surface area contributed by atoms with E-state index in [4.69, 9.17) is 0 Å². The molecule has 3 rings (SSSR count). The standard InChI is InChI=1S/C19H22FNO2S2/c1-14-7-8-15(2)19(13-14)25(22,23)21-10-9-18(24-12-11-21)16-5-3-4-6-17(16)20/h3-8,13,18H,9-12H2,1-2H3. The van der Waals surface area contributed by atoms with Gasteiger partial charge in [-0.25, -0.2) is 12.8 Å². The van der Waals surface area contributed by atoms with Crippen molar-refractivity contribution < 1.29 is 12.8 Å². The summed E-state index contributed by atoms with van der Waals surface area (Å²) in [4.78, 5) is 0.377. The van der Waals surface area contributed by atoms with Crippen molar-refractivity contribution in [3.8, 4) is 0 Å². The molecule has 0 saturated carbocycles.